The number of aromatic nitrogens is 1. The molecule has 2 heterocycles. The van der Waals surface area contributed by atoms with Crippen LogP contribution in [0, 0.1) is 5.41 Å². The predicted octanol–water partition coefficient (Wildman–Crippen LogP) is 0.530. The standard InChI is InChI=1S/C13H20N4O/c1-3-16-6-5-11-9(8-16)7-10(12(14)15)13(18)17(11)4-2/h7H,3-6,8H2,1-2H3,(H3,14,15). The number of hydrogen-bond donors (Lipinski definition) is 2. The van der Waals surface area contributed by atoms with Gasteiger partial charge in [0, 0.05) is 31.7 Å². The fraction of sp³-hybridized carbons (Fsp3) is 0.538. The normalized spacial score (nSPS) is 15.4. The number of pyridine rings is 1. The molecule has 5 heteroatoms. The van der Waals surface area contributed by atoms with E-state index in [-0.39, 0.29) is 11.4 Å². The van der Waals surface area contributed by atoms with Gasteiger partial charge in [-0.15, -0.1) is 0 Å². The second kappa shape index (κ2) is 4.94. The van der Waals surface area contributed by atoms with Crippen LogP contribution in [0.2, 0.25) is 0 Å². The summed E-state index contributed by atoms with van der Waals surface area (Å²) in [5.41, 5.74) is 7.93. The molecule has 3 N–H and O–H groups in total. The number of amidine groups is 1. The highest BCUT2D eigenvalue weighted by Gasteiger charge is 2.21. The molecule has 98 valence electrons. The van der Waals surface area contributed by atoms with Crippen LogP contribution in [-0.2, 0) is 19.5 Å². The van der Waals surface area contributed by atoms with Crippen molar-refractivity contribution in [2.45, 2.75) is 33.4 Å². The molecule has 0 fully saturated rings. The largest absolute Gasteiger partial charge is 0.384 e. The number of rotatable bonds is 3. The number of nitrogens with zero attached hydrogens (tertiary/aromatic N) is 2. The van der Waals surface area contributed by atoms with E-state index in [1.165, 1.54) is 0 Å². The molecule has 0 aromatic carbocycles. The SMILES string of the molecule is CCN1CCc2c(cc(C(=N)N)c(=O)n2CC)C1. The molecule has 0 atom stereocenters. The molecule has 0 aliphatic carbocycles. The van der Waals surface area contributed by atoms with Gasteiger partial charge in [0.1, 0.15) is 5.84 Å². The first-order chi connectivity index (χ1) is 8.58. The van der Waals surface area contributed by atoms with E-state index in [4.69, 9.17) is 11.1 Å². The van der Waals surface area contributed by atoms with Gasteiger partial charge in [-0.2, -0.15) is 0 Å². The zero-order chi connectivity index (χ0) is 13.3. The van der Waals surface area contributed by atoms with E-state index in [1.807, 2.05) is 6.92 Å². The van der Waals surface area contributed by atoms with Crippen LogP contribution >= 0.6 is 0 Å². The van der Waals surface area contributed by atoms with Gasteiger partial charge in [0.15, 0.2) is 0 Å². The maximum absolute atomic E-state index is 12.2. The fourth-order valence-corrected chi connectivity index (χ4v) is 2.57. The molecule has 0 amide bonds. The summed E-state index contributed by atoms with van der Waals surface area (Å²) in [7, 11) is 0. The highest BCUT2D eigenvalue weighted by molar-refractivity contribution is 5.94. The molecule has 5 nitrogen and oxygen atoms in total. The van der Waals surface area contributed by atoms with E-state index in [0.717, 1.165) is 37.3 Å². The average molecular weight is 248 g/mol. The van der Waals surface area contributed by atoms with E-state index >= 15 is 0 Å². The van der Waals surface area contributed by atoms with Crippen LogP contribution in [0.25, 0.3) is 0 Å². The van der Waals surface area contributed by atoms with E-state index in [2.05, 4.69) is 11.8 Å². The van der Waals surface area contributed by atoms with Crippen molar-refractivity contribution in [3.8, 4) is 0 Å². The minimum Gasteiger partial charge on any atom is -0.384 e. The molecule has 1 aromatic rings. The van der Waals surface area contributed by atoms with Gasteiger partial charge in [0.25, 0.3) is 5.56 Å². The second-order valence-corrected chi connectivity index (χ2v) is 4.61. The summed E-state index contributed by atoms with van der Waals surface area (Å²) < 4.78 is 1.76. The summed E-state index contributed by atoms with van der Waals surface area (Å²) in [6.07, 6.45) is 0.893. The van der Waals surface area contributed by atoms with Crippen molar-refractivity contribution in [3.05, 3.63) is 33.2 Å². The molecular formula is C13H20N4O. The molecule has 0 saturated carbocycles. The first-order valence-corrected chi connectivity index (χ1v) is 6.40. The van der Waals surface area contributed by atoms with E-state index in [9.17, 15) is 4.79 Å². The van der Waals surface area contributed by atoms with Crippen molar-refractivity contribution < 1.29 is 0 Å². The van der Waals surface area contributed by atoms with Crippen LogP contribution < -0.4 is 11.3 Å². The van der Waals surface area contributed by atoms with Crippen LogP contribution in [0.1, 0.15) is 30.7 Å². The van der Waals surface area contributed by atoms with Crippen molar-refractivity contribution >= 4 is 5.84 Å². The Morgan fingerprint density at radius 2 is 2.17 bits per heavy atom. The number of nitrogen functional groups attached to an aromatic ring is 1. The summed E-state index contributed by atoms with van der Waals surface area (Å²) >= 11 is 0. The van der Waals surface area contributed by atoms with Crippen LogP contribution in [0.3, 0.4) is 0 Å². The summed E-state index contributed by atoms with van der Waals surface area (Å²) in [5, 5.41) is 7.51. The molecular weight excluding hydrogens is 228 g/mol. The molecule has 18 heavy (non-hydrogen) atoms. The van der Waals surface area contributed by atoms with Gasteiger partial charge in [-0.05, 0) is 25.1 Å². The summed E-state index contributed by atoms with van der Waals surface area (Å²) in [6.45, 7) is 7.55. The highest BCUT2D eigenvalue weighted by Crippen LogP contribution is 2.18. The Bertz CT molecular complexity index is 533. The molecule has 0 spiro atoms. The van der Waals surface area contributed by atoms with Crippen LogP contribution in [0.15, 0.2) is 10.9 Å². The summed E-state index contributed by atoms with van der Waals surface area (Å²) in [5.74, 6) is -0.140. The summed E-state index contributed by atoms with van der Waals surface area (Å²) in [6, 6.07) is 1.80. The van der Waals surface area contributed by atoms with Crippen molar-refractivity contribution in [3.63, 3.8) is 0 Å². The Morgan fingerprint density at radius 3 is 2.72 bits per heavy atom. The third-order valence-corrected chi connectivity index (χ3v) is 3.60. The van der Waals surface area contributed by atoms with E-state index in [0.29, 0.717) is 12.1 Å². The Labute approximate surface area is 107 Å². The molecule has 1 aromatic heterocycles. The zero-order valence-electron chi connectivity index (χ0n) is 11.0. The number of nitrogens with two attached hydrogens (primary N) is 1. The van der Waals surface area contributed by atoms with Crippen LogP contribution in [0.5, 0.6) is 0 Å². The monoisotopic (exact) mass is 248 g/mol. The Hall–Kier alpha value is -1.62. The number of hydrogen-bond acceptors (Lipinski definition) is 3. The molecule has 0 saturated heterocycles. The number of nitrogens with one attached hydrogen (secondary N) is 1. The maximum Gasteiger partial charge on any atom is 0.261 e. The Balaban J connectivity index is 2.59. The van der Waals surface area contributed by atoms with Gasteiger partial charge in [-0.1, -0.05) is 6.92 Å². The zero-order valence-corrected chi connectivity index (χ0v) is 11.0. The minimum absolute atomic E-state index is 0.131. The van der Waals surface area contributed by atoms with Gasteiger partial charge in [-0.25, -0.2) is 0 Å². The van der Waals surface area contributed by atoms with E-state index in [1.54, 1.807) is 10.6 Å². The number of likely N-dealkylation sites (N-methyl/N-ethyl adjacent to an activating group) is 1. The molecule has 0 radical (unpaired) electrons. The Morgan fingerprint density at radius 1 is 1.44 bits per heavy atom. The van der Waals surface area contributed by atoms with Crippen molar-refractivity contribution in [2.24, 2.45) is 5.73 Å². The van der Waals surface area contributed by atoms with Crippen molar-refractivity contribution in [2.75, 3.05) is 13.1 Å². The lowest BCUT2D eigenvalue weighted by Gasteiger charge is -2.29. The van der Waals surface area contributed by atoms with Gasteiger partial charge in [0.05, 0.1) is 5.56 Å². The molecule has 2 rings (SSSR count). The van der Waals surface area contributed by atoms with Gasteiger partial charge in [-0.3, -0.25) is 15.1 Å². The van der Waals surface area contributed by atoms with Crippen molar-refractivity contribution in [1.29, 1.82) is 5.41 Å². The fourth-order valence-electron chi connectivity index (χ4n) is 2.57. The second-order valence-electron chi connectivity index (χ2n) is 4.61. The lowest BCUT2D eigenvalue weighted by atomic mass is 10.0. The molecule has 1 aliphatic heterocycles. The molecule has 0 unspecified atom stereocenters. The first kappa shape index (κ1) is 12.8. The smallest absolute Gasteiger partial charge is 0.261 e. The molecule has 0 bridgehead atoms. The lowest BCUT2D eigenvalue weighted by Crippen LogP contribution is -2.38. The quantitative estimate of drug-likeness (QED) is 0.605. The maximum atomic E-state index is 12.2. The Kier molecular flexibility index (Phi) is 3.52. The van der Waals surface area contributed by atoms with Crippen molar-refractivity contribution in [1.82, 2.24) is 9.47 Å². The summed E-state index contributed by atoms with van der Waals surface area (Å²) in [4.78, 5) is 14.5. The minimum atomic E-state index is -0.140. The van der Waals surface area contributed by atoms with Crippen LogP contribution in [0.4, 0.5) is 0 Å². The number of fused-ring (bicyclic) bond motifs is 1. The predicted molar refractivity (Wildman–Crippen MR) is 72.0 cm³/mol. The van der Waals surface area contributed by atoms with Crippen LogP contribution in [-0.4, -0.2) is 28.4 Å². The highest BCUT2D eigenvalue weighted by atomic mass is 16.1. The van der Waals surface area contributed by atoms with Gasteiger partial charge >= 0.3 is 0 Å². The average Bonchev–Trinajstić information content (AvgIpc) is 2.37. The third kappa shape index (κ3) is 2.06. The van der Waals surface area contributed by atoms with E-state index < -0.39 is 0 Å². The molecule has 1 aliphatic rings. The van der Waals surface area contributed by atoms with Gasteiger partial charge in [0.2, 0.25) is 0 Å². The topological polar surface area (TPSA) is 75.1 Å². The first-order valence-electron chi connectivity index (χ1n) is 6.40. The van der Waals surface area contributed by atoms with Gasteiger partial charge < -0.3 is 10.3 Å². The third-order valence-electron chi connectivity index (χ3n) is 3.60. The lowest BCUT2D eigenvalue weighted by molar-refractivity contribution is 0.262.